The van der Waals surface area contributed by atoms with Gasteiger partial charge in [-0.25, -0.2) is 50.5 Å². The first-order valence-corrected chi connectivity index (χ1v) is 48.8. The summed E-state index contributed by atoms with van der Waals surface area (Å²) in [5.74, 6) is 0.988. The van der Waals surface area contributed by atoms with Crippen molar-refractivity contribution in [3.05, 3.63) is 368 Å². The lowest BCUT2D eigenvalue weighted by Crippen LogP contribution is -2.15. The predicted octanol–water partition coefficient (Wildman–Crippen LogP) is 18.6. The second kappa shape index (κ2) is 40.9. The van der Waals surface area contributed by atoms with Gasteiger partial charge in [0.1, 0.15) is 31.1 Å². The summed E-state index contributed by atoms with van der Waals surface area (Å²) in [5.41, 5.74) is 26.6. The fraction of sp³-hybridized carbons (Fsp3) is 0.0526. The van der Waals surface area contributed by atoms with Gasteiger partial charge in [0.05, 0.1) is 113 Å². The molecule has 18 rings (SSSR count). The first-order chi connectivity index (χ1) is 62.7. The molecule has 12 N–H and O–H groups in total. The number of methoxy groups -OCH3 is 2. The van der Waals surface area contributed by atoms with Gasteiger partial charge >= 0.3 is 0 Å². The lowest BCUT2D eigenvalue weighted by molar-refractivity contribution is 0.414. The van der Waals surface area contributed by atoms with Gasteiger partial charge in [0.15, 0.2) is 0 Å². The van der Waals surface area contributed by atoms with E-state index in [1.165, 1.54) is 56.7 Å². The summed E-state index contributed by atoms with van der Waals surface area (Å²) in [5, 5.41) is 5.37. The molecule has 0 aliphatic rings. The van der Waals surface area contributed by atoms with E-state index in [1.54, 1.807) is 214 Å². The third-order valence-corrected chi connectivity index (χ3v) is 28.6. The number of nitrogens with two attached hydrogens (primary N) is 3. The molecule has 131 heavy (non-hydrogen) atoms. The van der Waals surface area contributed by atoms with Crippen LogP contribution in [0.4, 0.5) is 51.2 Å². The first-order valence-electron chi connectivity index (χ1n) is 39.5. The zero-order valence-electron chi connectivity index (χ0n) is 70.4. The number of aromatic nitrogens is 6. The number of anilines is 9. The van der Waals surface area contributed by atoms with Crippen LogP contribution < -0.4 is 55.0 Å². The predicted molar refractivity (Wildman–Crippen MR) is 520 cm³/mol. The van der Waals surface area contributed by atoms with Gasteiger partial charge in [-0.1, -0.05) is 181 Å². The van der Waals surface area contributed by atoms with E-state index in [0.717, 1.165) is 43.6 Å². The molecule has 0 saturated heterocycles. The number of hydrogen-bond donors (Lipinski definition) is 9. The monoisotopic (exact) mass is 1890 g/mol. The fourth-order valence-corrected chi connectivity index (χ4v) is 20.8. The third-order valence-electron chi connectivity index (χ3n) is 19.6. The summed E-state index contributed by atoms with van der Waals surface area (Å²) in [4.78, 5) is 26.2. The van der Waals surface area contributed by atoms with E-state index in [1.807, 2.05) is 111 Å². The van der Waals surface area contributed by atoms with Gasteiger partial charge in [-0.15, -0.1) is 0 Å². The molecule has 0 unspecified atom stereocenters. The van der Waals surface area contributed by atoms with Gasteiger partial charge in [0.2, 0.25) is 0 Å². The third kappa shape index (κ3) is 23.1. The van der Waals surface area contributed by atoms with Crippen molar-refractivity contribution in [3.8, 4) is 11.5 Å². The number of ether oxygens (including phenoxy) is 2. The molecule has 0 fully saturated rings. The Morgan fingerprint density at radius 1 is 0.267 bits per heavy atom. The lowest BCUT2D eigenvalue weighted by Gasteiger charge is -2.12. The summed E-state index contributed by atoms with van der Waals surface area (Å²) >= 11 is 5.96. The SMILES string of the molecule is COc1ccc(S(=O)(=O)Nc2cccc3ccc(C)nc23)c(N)c1.COc1ccc(S(=O)(=O)Nc2cccc3cccnc23)c(N)c1.Cc1ccc(S(=O)(=O)Nc2cccc3cccnc23)cc1.Cc1ccccc1S(=O)(=O)Nc1cccc2cccnc12.Nc1ccccc1S(=O)(=O)Nc1cccc2cccnc12.O=S(=O)(Nc1cccc2cccnc12)c1ccccc1Cl. The van der Waals surface area contributed by atoms with Crippen LogP contribution in [0.1, 0.15) is 16.8 Å². The molecule has 36 heteroatoms. The summed E-state index contributed by atoms with van der Waals surface area (Å²) < 4.78 is 176. The molecule has 666 valence electrons. The Morgan fingerprint density at radius 2 is 0.557 bits per heavy atom. The number of pyridine rings is 6. The van der Waals surface area contributed by atoms with E-state index < -0.39 is 60.1 Å². The molecular weight excluding hydrogens is 1800 g/mol. The molecule has 0 aliphatic heterocycles. The number of fused-ring (bicyclic) bond motifs is 6. The van der Waals surface area contributed by atoms with Gasteiger partial charge in [-0.3, -0.25) is 58.2 Å². The average molecular weight is 1890 g/mol. The van der Waals surface area contributed by atoms with Crippen molar-refractivity contribution in [3.63, 3.8) is 0 Å². The van der Waals surface area contributed by atoms with Crippen molar-refractivity contribution in [2.24, 2.45) is 0 Å². The van der Waals surface area contributed by atoms with E-state index in [0.29, 0.717) is 84.3 Å². The van der Waals surface area contributed by atoms with Crippen LogP contribution in [0.15, 0.2) is 376 Å². The van der Waals surface area contributed by atoms with Gasteiger partial charge < -0.3 is 26.7 Å². The molecule has 0 bridgehead atoms. The number of hydrogen-bond acceptors (Lipinski definition) is 23. The second-order valence-electron chi connectivity index (χ2n) is 28.7. The highest BCUT2D eigenvalue weighted by Crippen LogP contribution is 2.35. The number of benzene rings is 12. The standard InChI is InChI=1S/C17H17N3O3S.C16H15N3O3S.2C16H14N2O2S.C15H11ClN2O2S.C15H13N3O2S/c1-11-6-7-12-4-3-5-15(17(12)19-11)20-24(21,22)16-9-8-13(23-2)10-14(16)18;1-22-12-7-8-15(13(17)10-12)23(20,21)19-14-6-2-4-11-5-3-9-18-16(11)14;1-12-7-9-14(10-8-12)21(19,20)18-15-6-2-4-13-5-3-11-17-16(13)15;1-12-6-2-3-10-15(12)21(19,20)18-14-9-4-7-13-8-5-11-17-16(13)14;2*16-12-7-1-2-9-14(12)21(19,20)18-13-8-3-5-11-6-4-10-17-15(11)13/h3-10,20H,18H2,1-2H3;2-10,19H,17H2,1H3;2*2-11,18H,1H3;1-10,18H;1-10,18H,16H2. The Bertz CT molecular complexity index is 7640. The van der Waals surface area contributed by atoms with Crippen LogP contribution in [0.2, 0.25) is 5.02 Å². The molecule has 0 spiro atoms. The number of nitrogen functional groups attached to an aromatic ring is 3. The molecule has 0 radical (unpaired) electrons. The molecule has 12 aromatic carbocycles. The zero-order valence-corrected chi connectivity index (χ0v) is 76.0. The smallest absolute Gasteiger partial charge is 0.264 e. The summed E-state index contributed by atoms with van der Waals surface area (Å²) in [6.45, 7) is 5.54. The highest BCUT2D eigenvalue weighted by Gasteiger charge is 2.26. The maximum atomic E-state index is 12.7. The Morgan fingerprint density at radius 3 is 0.901 bits per heavy atom. The Balaban J connectivity index is 0.000000134. The minimum atomic E-state index is -3.84. The van der Waals surface area contributed by atoms with Crippen LogP contribution in [0, 0.1) is 20.8 Å². The Hall–Kier alpha value is -15.1. The summed E-state index contributed by atoms with van der Waals surface area (Å²) in [6, 6.07) is 89.4. The molecule has 29 nitrogen and oxygen atoms in total. The highest BCUT2D eigenvalue weighted by molar-refractivity contribution is 7.94. The zero-order chi connectivity index (χ0) is 93.3. The molecule has 6 aromatic heterocycles. The van der Waals surface area contributed by atoms with Crippen molar-refractivity contribution < 1.29 is 60.0 Å². The largest absolute Gasteiger partial charge is 0.497 e. The summed E-state index contributed by atoms with van der Waals surface area (Å²) in [6.07, 6.45) is 8.15. The van der Waals surface area contributed by atoms with E-state index in [2.05, 4.69) is 58.2 Å². The molecule has 6 heterocycles. The average Bonchev–Trinajstić information content (AvgIpc) is 0.848. The summed E-state index contributed by atoms with van der Waals surface area (Å²) in [7, 11) is -19.4. The van der Waals surface area contributed by atoms with Crippen LogP contribution in [-0.4, -0.2) is 94.6 Å². The van der Waals surface area contributed by atoms with Crippen LogP contribution in [0.5, 0.6) is 11.5 Å². The van der Waals surface area contributed by atoms with Crippen molar-refractivity contribution in [1.82, 2.24) is 29.9 Å². The second-order valence-corrected chi connectivity index (χ2v) is 39.1. The molecule has 18 aromatic rings. The minimum Gasteiger partial charge on any atom is -0.497 e. The maximum absolute atomic E-state index is 12.7. The lowest BCUT2D eigenvalue weighted by atomic mass is 10.2. The van der Waals surface area contributed by atoms with Crippen LogP contribution in [0.3, 0.4) is 0 Å². The minimum absolute atomic E-state index is 0.00652. The molecule has 0 saturated carbocycles. The van der Waals surface area contributed by atoms with E-state index in [4.69, 9.17) is 38.3 Å². The Labute approximate surface area is 762 Å². The number of aryl methyl sites for hydroxylation is 3. The van der Waals surface area contributed by atoms with Gasteiger partial charge in [-0.05, 0) is 166 Å². The van der Waals surface area contributed by atoms with Crippen molar-refractivity contribution >= 4 is 188 Å². The van der Waals surface area contributed by atoms with Crippen molar-refractivity contribution in [1.29, 1.82) is 0 Å². The van der Waals surface area contributed by atoms with Crippen molar-refractivity contribution in [2.75, 3.05) is 59.8 Å². The fourth-order valence-electron chi connectivity index (χ4n) is 13.2. The quantitative estimate of drug-likeness (QED) is 0.0320. The maximum Gasteiger partial charge on any atom is 0.264 e. The number of nitrogens with zero attached hydrogens (tertiary/aromatic N) is 6. The number of halogens is 1. The molecular formula is C95H84ClN15O14S6. The normalized spacial score (nSPS) is 11.4. The van der Waals surface area contributed by atoms with Gasteiger partial charge in [-0.2, -0.15) is 0 Å². The number of nitrogens with one attached hydrogen (secondary N) is 6. The molecule has 0 atom stereocenters. The van der Waals surface area contributed by atoms with Gasteiger partial charge in [0.25, 0.3) is 60.1 Å². The molecule has 0 aliphatic carbocycles. The highest BCUT2D eigenvalue weighted by atomic mass is 35.5. The van der Waals surface area contributed by atoms with E-state index in [-0.39, 0.29) is 51.5 Å². The molecule has 0 amide bonds. The Kier molecular flexibility index (Phi) is 29.2. The number of para-hydroxylation sites is 7. The van der Waals surface area contributed by atoms with Gasteiger partial charge in [0, 0.05) is 81.1 Å². The van der Waals surface area contributed by atoms with E-state index in [9.17, 15) is 50.5 Å². The van der Waals surface area contributed by atoms with Crippen molar-refractivity contribution in [2.45, 2.75) is 50.1 Å². The van der Waals surface area contributed by atoms with Crippen LogP contribution >= 0.6 is 11.6 Å². The van der Waals surface area contributed by atoms with E-state index >= 15 is 0 Å². The number of sulfonamides is 6. The first kappa shape index (κ1) is 93.5. The number of rotatable bonds is 20. The topological polar surface area (TPSA) is 451 Å². The van der Waals surface area contributed by atoms with Crippen LogP contribution in [-0.2, 0) is 60.1 Å². The van der Waals surface area contributed by atoms with Crippen LogP contribution in [0.25, 0.3) is 65.4 Å².